The summed E-state index contributed by atoms with van der Waals surface area (Å²) in [4.78, 5) is 0. The van der Waals surface area contributed by atoms with E-state index in [1.54, 1.807) is 6.07 Å². The maximum absolute atomic E-state index is 10.6. The zero-order chi connectivity index (χ0) is 9.03. The van der Waals surface area contributed by atoms with Gasteiger partial charge >= 0.3 is 0 Å². The van der Waals surface area contributed by atoms with E-state index >= 15 is 0 Å². The van der Waals surface area contributed by atoms with E-state index in [0.29, 0.717) is 5.56 Å². The summed E-state index contributed by atoms with van der Waals surface area (Å²) in [6, 6.07) is 1.64. The Balaban J connectivity index is 2.56. The van der Waals surface area contributed by atoms with Gasteiger partial charge in [0.05, 0.1) is 6.26 Å². The summed E-state index contributed by atoms with van der Waals surface area (Å²) in [6.07, 6.45) is 5.13. The van der Waals surface area contributed by atoms with Crippen LogP contribution in [-0.4, -0.2) is 24.9 Å². The minimum absolute atomic E-state index is 0.203. The summed E-state index contributed by atoms with van der Waals surface area (Å²) in [5, 5.41) is 6.98. The number of nitrogens with one attached hydrogen (secondary N) is 1. The Labute approximate surface area is 70.9 Å². The molecule has 0 aromatic carbocycles. The molecular formula is C6H8N3O2S. The fraction of sp³-hybridized carbons (Fsp3) is 0.333. The van der Waals surface area contributed by atoms with Crippen LogP contribution in [0.4, 0.5) is 0 Å². The molecule has 1 rings (SSSR count). The highest BCUT2D eigenvalue weighted by Gasteiger charge is 2.00. The maximum Gasteiger partial charge on any atom is 0.209 e. The summed E-state index contributed by atoms with van der Waals surface area (Å²) in [5.41, 5.74) is 0.662. The summed E-state index contributed by atoms with van der Waals surface area (Å²) < 4.78 is 23.6. The van der Waals surface area contributed by atoms with Crippen LogP contribution in [0.1, 0.15) is 5.56 Å². The Morgan fingerprint density at radius 1 is 1.67 bits per heavy atom. The summed E-state index contributed by atoms with van der Waals surface area (Å²) in [6.45, 7) is 0.203. The first kappa shape index (κ1) is 9.08. The zero-order valence-corrected chi connectivity index (χ0v) is 7.30. The highest BCUT2D eigenvalue weighted by atomic mass is 32.2. The molecular weight excluding hydrogens is 178 g/mol. The first-order chi connectivity index (χ1) is 5.58. The van der Waals surface area contributed by atoms with E-state index in [9.17, 15) is 8.42 Å². The van der Waals surface area contributed by atoms with E-state index in [0.717, 1.165) is 6.26 Å². The molecule has 0 fully saturated rings. The maximum atomic E-state index is 10.6. The molecule has 0 aliphatic carbocycles. The van der Waals surface area contributed by atoms with Gasteiger partial charge in [-0.25, -0.2) is 13.1 Å². The third kappa shape index (κ3) is 3.40. The van der Waals surface area contributed by atoms with Gasteiger partial charge < -0.3 is 0 Å². The van der Waals surface area contributed by atoms with Crippen LogP contribution >= 0.6 is 0 Å². The van der Waals surface area contributed by atoms with Crippen LogP contribution in [-0.2, 0) is 16.6 Å². The molecule has 0 saturated heterocycles. The van der Waals surface area contributed by atoms with Gasteiger partial charge in [0, 0.05) is 12.7 Å². The predicted molar refractivity (Wildman–Crippen MR) is 42.6 cm³/mol. The topological polar surface area (TPSA) is 72.0 Å². The molecule has 0 aliphatic heterocycles. The molecule has 0 spiro atoms. The Morgan fingerprint density at radius 3 is 2.92 bits per heavy atom. The van der Waals surface area contributed by atoms with E-state index in [1.807, 2.05) is 0 Å². The molecule has 0 aliphatic rings. The van der Waals surface area contributed by atoms with Crippen molar-refractivity contribution in [3.05, 3.63) is 24.0 Å². The van der Waals surface area contributed by atoms with Crippen molar-refractivity contribution in [1.82, 2.24) is 14.9 Å². The van der Waals surface area contributed by atoms with E-state index in [-0.39, 0.29) is 6.54 Å². The van der Waals surface area contributed by atoms with Gasteiger partial charge in [-0.2, -0.15) is 5.10 Å². The Morgan fingerprint density at radius 2 is 2.42 bits per heavy atom. The molecule has 6 heteroatoms. The van der Waals surface area contributed by atoms with Gasteiger partial charge in [-0.15, -0.1) is 5.10 Å². The quantitative estimate of drug-likeness (QED) is 0.679. The third-order valence-corrected chi connectivity index (χ3v) is 1.79. The second kappa shape index (κ2) is 3.59. The molecule has 5 nitrogen and oxygen atoms in total. The fourth-order valence-corrected chi connectivity index (χ4v) is 1.01. The normalized spacial score (nSPS) is 11.4. The lowest BCUT2D eigenvalue weighted by molar-refractivity contribution is 0.587. The molecule has 1 radical (unpaired) electrons. The Bertz CT molecular complexity index is 335. The fourth-order valence-electron chi connectivity index (χ4n) is 0.594. The molecule has 0 atom stereocenters. The van der Waals surface area contributed by atoms with Crippen molar-refractivity contribution in [2.24, 2.45) is 0 Å². The Kier molecular flexibility index (Phi) is 2.72. The van der Waals surface area contributed by atoms with Crippen molar-refractivity contribution in [3.63, 3.8) is 0 Å². The standard InChI is InChI=1S/C6H8N3O2S/c1-12(10,11)9-5-6-2-3-7-8-4-6/h2-3,9H,5H2,1H3. The molecule has 65 valence electrons. The van der Waals surface area contributed by atoms with Gasteiger partial charge in [0.15, 0.2) is 0 Å². The highest BCUT2D eigenvalue weighted by Crippen LogP contribution is 1.92. The van der Waals surface area contributed by atoms with E-state index < -0.39 is 10.0 Å². The zero-order valence-electron chi connectivity index (χ0n) is 6.48. The van der Waals surface area contributed by atoms with E-state index in [1.165, 1.54) is 6.20 Å². The van der Waals surface area contributed by atoms with Crippen molar-refractivity contribution in [1.29, 1.82) is 0 Å². The van der Waals surface area contributed by atoms with E-state index in [2.05, 4.69) is 21.1 Å². The molecule has 0 saturated carbocycles. The minimum Gasteiger partial charge on any atom is -0.213 e. The van der Waals surface area contributed by atoms with Crippen molar-refractivity contribution in [3.8, 4) is 0 Å². The SMILES string of the molecule is CS(=O)(=O)NCc1[c]nncc1. The molecule has 0 bridgehead atoms. The number of hydrogen-bond acceptors (Lipinski definition) is 4. The van der Waals surface area contributed by atoms with E-state index in [4.69, 9.17) is 0 Å². The number of rotatable bonds is 3. The molecule has 1 aromatic rings. The second-order valence-corrected chi connectivity index (χ2v) is 4.09. The smallest absolute Gasteiger partial charge is 0.209 e. The summed E-state index contributed by atoms with van der Waals surface area (Å²) >= 11 is 0. The molecule has 1 aromatic heterocycles. The highest BCUT2D eigenvalue weighted by molar-refractivity contribution is 7.88. The van der Waals surface area contributed by atoms with Crippen LogP contribution in [0, 0.1) is 6.20 Å². The summed E-state index contributed by atoms with van der Waals surface area (Å²) in [7, 11) is -3.14. The number of nitrogens with zero attached hydrogens (tertiary/aromatic N) is 2. The third-order valence-electron chi connectivity index (χ3n) is 1.12. The molecule has 1 heterocycles. The van der Waals surface area contributed by atoms with Crippen molar-refractivity contribution in [2.75, 3.05) is 6.26 Å². The van der Waals surface area contributed by atoms with Crippen LogP contribution < -0.4 is 4.72 Å². The molecule has 12 heavy (non-hydrogen) atoms. The molecule has 1 N–H and O–H groups in total. The minimum atomic E-state index is -3.14. The number of hydrogen-bond donors (Lipinski definition) is 1. The van der Waals surface area contributed by atoms with Gasteiger partial charge in [-0.3, -0.25) is 0 Å². The van der Waals surface area contributed by atoms with Crippen molar-refractivity contribution < 1.29 is 8.42 Å². The Hall–Kier alpha value is -1.01. The van der Waals surface area contributed by atoms with Crippen molar-refractivity contribution in [2.45, 2.75) is 6.54 Å². The first-order valence-corrected chi connectivity index (χ1v) is 5.10. The van der Waals surface area contributed by atoms with Gasteiger partial charge in [0.2, 0.25) is 10.0 Å². The number of sulfonamides is 1. The lowest BCUT2D eigenvalue weighted by Crippen LogP contribution is -2.21. The largest absolute Gasteiger partial charge is 0.213 e. The van der Waals surface area contributed by atoms with Gasteiger partial charge in [-0.1, -0.05) is 0 Å². The monoisotopic (exact) mass is 186 g/mol. The van der Waals surface area contributed by atoms with Crippen LogP contribution in [0.15, 0.2) is 12.3 Å². The van der Waals surface area contributed by atoms with Crippen molar-refractivity contribution >= 4 is 10.0 Å². The van der Waals surface area contributed by atoms with Crippen LogP contribution in [0.25, 0.3) is 0 Å². The molecule has 0 unspecified atom stereocenters. The van der Waals surface area contributed by atoms with Crippen LogP contribution in [0.3, 0.4) is 0 Å². The van der Waals surface area contributed by atoms with Gasteiger partial charge in [0.25, 0.3) is 0 Å². The average molecular weight is 186 g/mol. The summed E-state index contributed by atoms with van der Waals surface area (Å²) in [5.74, 6) is 0. The van der Waals surface area contributed by atoms with Crippen LogP contribution in [0.2, 0.25) is 0 Å². The average Bonchev–Trinajstić information content (AvgIpc) is 2.02. The lowest BCUT2D eigenvalue weighted by Gasteiger charge is -1.99. The lowest BCUT2D eigenvalue weighted by atomic mass is 10.3. The van der Waals surface area contributed by atoms with Gasteiger partial charge in [-0.05, 0) is 11.6 Å². The van der Waals surface area contributed by atoms with Gasteiger partial charge in [0.1, 0.15) is 6.20 Å². The second-order valence-electron chi connectivity index (χ2n) is 2.26. The van der Waals surface area contributed by atoms with Crippen LogP contribution in [0.5, 0.6) is 0 Å². The number of aromatic nitrogens is 2. The predicted octanol–water partition coefficient (Wildman–Crippen LogP) is -0.674. The molecule has 0 amide bonds. The first-order valence-electron chi connectivity index (χ1n) is 3.21.